The van der Waals surface area contributed by atoms with Gasteiger partial charge in [-0.05, 0) is 0 Å². The van der Waals surface area contributed by atoms with Crippen molar-refractivity contribution in [3.05, 3.63) is 54.4 Å². The van der Waals surface area contributed by atoms with Gasteiger partial charge in [0, 0.05) is 0 Å². The number of benzene rings is 2. The average Bonchev–Trinajstić information content (AvgIpc) is 2.54. The summed E-state index contributed by atoms with van der Waals surface area (Å²) < 4.78 is 1.08. The summed E-state index contributed by atoms with van der Waals surface area (Å²) in [5.74, 6) is 1.65. The fourth-order valence-corrected chi connectivity index (χ4v) is 3.13. The number of aryl methyl sites for hydroxylation is 1. The Morgan fingerprint density at radius 1 is 1.05 bits per heavy atom. The summed E-state index contributed by atoms with van der Waals surface area (Å²) in [6.07, 6.45) is 0. The molecule has 0 atom stereocenters. The second-order valence-electron chi connectivity index (χ2n) is 4.86. The molecule has 0 saturated carbocycles. The molecule has 0 unspecified atom stereocenters. The van der Waals surface area contributed by atoms with Crippen LogP contribution in [0.4, 0.5) is 11.5 Å². The van der Waals surface area contributed by atoms with Crippen molar-refractivity contribution < 1.29 is 0 Å². The van der Waals surface area contributed by atoms with Gasteiger partial charge in [-0.1, -0.05) is 0 Å². The third kappa shape index (κ3) is 2.80. The predicted molar refractivity (Wildman–Crippen MR) is 89.8 cm³/mol. The van der Waals surface area contributed by atoms with E-state index < -0.39 is 0 Å². The maximum atomic E-state index is 8.78. The molecule has 0 amide bonds. The molecule has 1 heterocycles. The Labute approximate surface area is 135 Å². The SMILES string of the molecule is Cc1nc(N(C)c2ccc([Se]C#N)cc2)c2ccccc2n1. The van der Waals surface area contributed by atoms with E-state index in [4.69, 9.17) is 5.26 Å². The van der Waals surface area contributed by atoms with E-state index in [0.29, 0.717) is 0 Å². The molecule has 0 radical (unpaired) electrons. The summed E-state index contributed by atoms with van der Waals surface area (Å²) in [5, 5.41) is 9.80. The maximum absolute atomic E-state index is 8.78. The Morgan fingerprint density at radius 3 is 2.50 bits per heavy atom. The van der Waals surface area contributed by atoms with Crippen LogP contribution in [0.1, 0.15) is 5.82 Å². The number of fused-ring (bicyclic) bond motifs is 1. The van der Waals surface area contributed by atoms with E-state index in [-0.39, 0.29) is 15.0 Å². The number of anilines is 2. The summed E-state index contributed by atoms with van der Waals surface area (Å²) >= 11 is -0.116. The first-order valence-electron chi connectivity index (χ1n) is 6.82. The molecule has 0 saturated heterocycles. The van der Waals surface area contributed by atoms with Gasteiger partial charge in [0.25, 0.3) is 0 Å². The molecule has 3 aromatic rings. The first kappa shape index (κ1) is 14.5. The van der Waals surface area contributed by atoms with Crippen molar-refractivity contribution in [1.82, 2.24) is 9.97 Å². The van der Waals surface area contributed by atoms with E-state index in [1.165, 1.54) is 0 Å². The molecule has 0 spiro atoms. The van der Waals surface area contributed by atoms with Gasteiger partial charge in [0.1, 0.15) is 0 Å². The molecule has 0 aliphatic carbocycles. The fourth-order valence-electron chi connectivity index (χ4n) is 2.34. The number of nitrogens with zero attached hydrogens (tertiary/aromatic N) is 4. The Bertz CT molecular complexity index is 853. The standard InChI is InChI=1S/C17H14N4Se/c1-12-19-16-6-4-3-5-15(16)17(20-12)21(2)13-7-9-14(10-8-13)22-11-18/h3-10H,1-2H3. The molecule has 0 aliphatic heterocycles. The number of hydrogen-bond donors (Lipinski definition) is 0. The summed E-state index contributed by atoms with van der Waals surface area (Å²) in [4.78, 5) is 13.4. The molecular formula is C17H14N4Se. The summed E-state index contributed by atoms with van der Waals surface area (Å²) in [7, 11) is 2.00. The monoisotopic (exact) mass is 354 g/mol. The van der Waals surface area contributed by atoms with Gasteiger partial charge in [0.15, 0.2) is 0 Å². The number of hydrogen-bond acceptors (Lipinski definition) is 4. The van der Waals surface area contributed by atoms with Crippen molar-refractivity contribution >= 4 is 41.8 Å². The van der Waals surface area contributed by atoms with Crippen molar-refractivity contribution in [2.24, 2.45) is 0 Å². The van der Waals surface area contributed by atoms with Crippen LogP contribution in [0.25, 0.3) is 10.9 Å². The van der Waals surface area contributed by atoms with Gasteiger partial charge in [-0.3, -0.25) is 0 Å². The quantitative estimate of drug-likeness (QED) is 0.679. The predicted octanol–water partition coefficient (Wildman–Crippen LogP) is 2.52. The molecule has 2 aromatic carbocycles. The molecule has 0 aliphatic rings. The molecule has 22 heavy (non-hydrogen) atoms. The van der Waals surface area contributed by atoms with Crippen molar-refractivity contribution in [3.63, 3.8) is 0 Å². The Morgan fingerprint density at radius 2 is 1.77 bits per heavy atom. The molecule has 3 rings (SSSR count). The Hall–Kier alpha value is -2.41. The molecule has 4 nitrogen and oxygen atoms in total. The molecule has 0 bridgehead atoms. The van der Waals surface area contributed by atoms with Gasteiger partial charge in [-0.15, -0.1) is 0 Å². The van der Waals surface area contributed by atoms with E-state index >= 15 is 0 Å². The molecule has 1 aromatic heterocycles. The zero-order valence-electron chi connectivity index (χ0n) is 12.3. The van der Waals surface area contributed by atoms with Crippen LogP contribution in [0, 0.1) is 17.2 Å². The Balaban J connectivity index is 2.05. The van der Waals surface area contributed by atoms with E-state index in [1.807, 2.05) is 62.5 Å². The van der Waals surface area contributed by atoms with Crippen molar-refractivity contribution in [1.29, 1.82) is 5.26 Å². The Kier molecular flexibility index (Phi) is 4.06. The molecule has 5 heteroatoms. The van der Waals surface area contributed by atoms with Crippen molar-refractivity contribution in [2.45, 2.75) is 6.92 Å². The van der Waals surface area contributed by atoms with E-state index in [1.54, 1.807) is 0 Å². The molecule has 0 fully saturated rings. The first-order chi connectivity index (χ1) is 10.7. The fraction of sp³-hybridized carbons (Fsp3) is 0.118. The normalized spacial score (nSPS) is 10.4. The molecular weight excluding hydrogens is 339 g/mol. The van der Waals surface area contributed by atoms with Crippen LogP contribution < -0.4 is 9.36 Å². The van der Waals surface area contributed by atoms with Gasteiger partial charge >= 0.3 is 135 Å². The van der Waals surface area contributed by atoms with E-state index in [2.05, 4.69) is 19.8 Å². The van der Waals surface area contributed by atoms with Crippen molar-refractivity contribution in [3.8, 4) is 4.97 Å². The zero-order valence-corrected chi connectivity index (χ0v) is 14.0. The number of nitriles is 1. The number of para-hydroxylation sites is 1. The summed E-state index contributed by atoms with van der Waals surface area (Å²) in [6.45, 7) is 1.91. The van der Waals surface area contributed by atoms with Crippen LogP contribution in [0.2, 0.25) is 0 Å². The van der Waals surface area contributed by atoms with Gasteiger partial charge in [-0.2, -0.15) is 0 Å². The van der Waals surface area contributed by atoms with Crippen LogP contribution in [0.15, 0.2) is 48.5 Å². The zero-order chi connectivity index (χ0) is 15.5. The van der Waals surface area contributed by atoms with E-state index in [0.717, 1.165) is 32.7 Å². The topological polar surface area (TPSA) is 52.8 Å². The third-order valence-electron chi connectivity index (χ3n) is 3.40. The van der Waals surface area contributed by atoms with Gasteiger partial charge in [-0.25, -0.2) is 0 Å². The number of rotatable bonds is 3. The third-order valence-corrected chi connectivity index (χ3v) is 4.66. The van der Waals surface area contributed by atoms with Crippen LogP contribution in [0.5, 0.6) is 0 Å². The molecule has 0 N–H and O–H groups in total. The van der Waals surface area contributed by atoms with Crippen LogP contribution >= 0.6 is 0 Å². The van der Waals surface area contributed by atoms with Crippen LogP contribution in [-0.4, -0.2) is 32.0 Å². The van der Waals surface area contributed by atoms with Gasteiger partial charge in [0.2, 0.25) is 0 Å². The van der Waals surface area contributed by atoms with Crippen LogP contribution in [-0.2, 0) is 0 Å². The number of aromatic nitrogens is 2. The minimum atomic E-state index is -0.116. The summed E-state index contributed by atoms with van der Waals surface area (Å²) in [6, 6.07) is 16.1. The van der Waals surface area contributed by atoms with Crippen molar-refractivity contribution in [2.75, 3.05) is 11.9 Å². The van der Waals surface area contributed by atoms with Gasteiger partial charge in [0.05, 0.1) is 0 Å². The van der Waals surface area contributed by atoms with E-state index in [9.17, 15) is 0 Å². The average molecular weight is 353 g/mol. The molecule has 108 valence electrons. The second kappa shape index (κ2) is 6.15. The summed E-state index contributed by atoms with van der Waals surface area (Å²) in [5.41, 5.74) is 1.99. The van der Waals surface area contributed by atoms with Crippen LogP contribution in [0.3, 0.4) is 0 Å². The van der Waals surface area contributed by atoms with Gasteiger partial charge < -0.3 is 0 Å². The first-order valence-corrected chi connectivity index (χ1v) is 8.53. The minimum absolute atomic E-state index is 0.116. The second-order valence-corrected chi connectivity index (χ2v) is 6.66.